The summed E-state index contributed by atoms with van der Waals surface area (Å²) in [7, 11) is 0. The van der Waals surface area contributed by atoms with E-state index in [1.54, 1.807) is 0 Å². The molecule has 0 radical (unpaired) electrons. The van der Waals surface area contributed by atoms with E-state index < -0.39 is 0 Å². The fraction of sp³-hybridized carbons (Fsp3) is 0.931. The quantitative estimate of drug-likeness (QED) is 0.356. The van der Waals surface area contributed by atoms with Crippen molar-refractivity contribution in [2.24, 2.45) is 56.4 Å². The average molecular weight is 442 g/mol. The van der Waals surface area contributed by atoms with Gasteiger partial charge in [0.25, 0.3) is 0 Å². The molecule has 0 bridgehead atoms. The van der Waals surface area contributed by atoms with Crippen LogP contribution in [0.4, 0.5) is 0 Å². The predicted molar refractivity (Wildman–Crippen MR) is 131 cm³/mol. The number of aliphatic hydroxyl groups excluding tert-OH is 1. The van der Waals surface area contributed by atoms with Gasteiger partial charge in [-0.25, -0.2) is 0 Å². The van der Waals surface area contributed by atoms with Crippen LogP contribution in [0.15, 0.2) is 17.3 Å². The average Bonchev–Trinajstić information content (AvgIpc) is 3.12. The van der Waals surface area contributed by atoms with Crippen molar-refractivity contribution in [3.05, 3.63) is 17.1 Å². The highest BCUT2D eigenvalue weighted by Gasteiger charge is 2.71. The molecule has 5 saturated carbocycles. The molecular weight excluding hydrogens is 394 g/mol. The minimum absolute atomic E-state index is 0.00569. The lowest BCUT2D eigenvalue weighted by atomic mass is 9.32. The molecule has 5 fully saturated rings. The van der Waals surface area contributed by atoms with E-state index in [1.807, 2.05) is 0 Å². The first-order chi connectivity index (χ1) is 14.9. The number of rotatable bonds is 2. The number of fused-ring (bicyclic) bond motifs is 7. The minimum atomic E-state index is -0.338. The maximum absolute atomic E-state index is 12.3. The molecule has 0 aromatic rings. The van der Waals surface area contributed by atoms with Gasteiger partial charge < -0.3 is 5.11 Å². The van der Waals surface area contributed by atoms with Gasteiger partial charge in [0, 0.05) is 0 Å². The molecule has 1 N–H and O–H groups in total. The summed E-state index contributed by atoms with van der Waals surface area (Å²) < 4.78 is 0. The number of hydrogen-bond acceptors (Lipinski definition) is 3. The number of allylic oxidation sites excluding steroid dienone is 1. The number of hydrogen-bond donors (Lipinski definition) is 1. The summed E-state index contributed by atoms with van der Waals surface area (Å²) in [6, 6.07) is 0. The zero-order chi connectivity index (χ0) is 23.3. The van der Waals surface area contributed by atoms with Crippen molar-refractivity contribution in [2.45, 2.75) is 117 Å². The van der Waals surface area contributed by atoms with Gasteiger partial charge in [0.15, 0.2) is 0 Å². The summed E-state index contributed by atoms with van der Waals surface area (Å²) in [5, 5.41) is 14.8. The predicted octanol–water partition coefficient (Wildman–Crippen LogP) is 7.52. The van der Waals surface area contributed by atoms with Crippen LogP contribution < -0.4 is 0 Å². The molecule has 0 saturated heterocycles. The maximum Gasteiger partial charge on any atom is 0.106 e. The molecule has 3 heteroatoms. The van der Waals surface area contributed by atoms with Gasteiger partial charge in [0.05, 0.1) is 6.10 Å². The molecule has 5 rings (SSSR count). The molecule has 10 atom stereocenters. The van der Waals surface area contributed by atoms with E-state index in [4.69, 9.17) is 0 Å². The Morgan fingerprint density at radius 2 is 1.56 bits per heavy atom. The van der Waals surface area contributed by atoms with Crippen LogP contribution in [0.3, 0.4) is 0 Å². The van der Waals surface area contributed by atoms with E-state index in [0.29, 0.717) is 40.4 Å². The summed E-state index contributed by atoms with van der Waals surface area (Å²) >= 11 is 0. The lowest BCUT2D eigenvalue weighted by Crippen LogP contribution is -2.67. The van der Waals surface area contributed by atoms with Gasteiger partial charge in [-0.05, 0) is 122 Å². The van der Waals surface area contributed by atoms with Gasteiger partial charge >= 0.3 is 0 Å². The third kappa shape index (κ3) is 2.58. The van der Waals surface area contributed by atoms with Gasteiger partial charge in [-0.3, -0.25) is 0 Å². The highest BCUT2D eigenvalue weighted by molar-refractivity contribution is 5.23. The van der Waals surface area contributed by atoms with E-state index in [2.05, 4.69) is 53.3 Å². The van der Waals surface area contributed by atoms with Crippen molar-refractivity contribution in [3.63, 3.8) is 0 Å². The Hall–Kier alpha value is -0.700. The fourth-order valence-electron chi connectivity index (χ4n) is 11.3. The van der Waals surface area contributed by atoms with Crippen LogP contribution in [-0.4, -0.2) is 16.7 Å². The van der Waals surface area contributed by atoms with Crippen molar-refractivity contribution in [1.82, 2.24) is 0 Å². The van der Waals surface area contributed by atoms with E-state index in [0.717, 1.165) is 32.1 Å². The Labute approximate surface area is 196 Å². The molecule has 9 unspecified atom stereocenters. The second kappa shape index (κ2) is 6.92. The SMILES string of the molecule is C=C(C)C1CCC2(N=O)CC[C@]3(C)C(CCC4C5(C)CCC(O)C(C)(C)C5CCC43C)C12. The van der Waals surface area contributed by atoms with Crippen LogP contribution in [0.2, 0.25) is 0 Å². The summed E-state index contributed by atoms with van der Waals surface area (Å²) in [5.41, 5.74) is 1.82. The molecule has 32 heavy (non-hydrogen) atoms. The first-order valence-corrected chi connectivity index (χ1v) is 13.6. The van der Waals surface area contributed by atoms with Crippen molar-refractivity contribution in [3.8, 4) is 0 Å². The van der Waals surface area contributed by atoms with Gasteiger partial charge in [-0.15, -0.1) is 0 Å². The van der Waals surface area contributed by atoms with Crippen LogP contribution in [-0.2, 0) is 0 Å². The van der Waals surface area contributed by atoms with Crippen molar-refractivity contribution >= 4 is 0 Å². The molecule has 0 aromatic carbocycles. The number of nitroso groups, excluding NO2 is 1. The van der Waals surface area contributed by atoms with Crippen molar-refractivity contribution < 1.29 is 5.11 Å². The number of nitrogens with zero attached hydrogens (tertiary/aromatic N) is 1. The highest BCUT2D eigenvalue weighted by Crippen LogP contribution is 2.76. The first-order valence-electron chi connectivity index (χ1n) is 13.6. The van der Waals surface area contributed by atoms with Crippen LogP contribution in [0.25, 0.3) is 0 Å². The Bertz CT molecular complexity index is 820. The Morgan fingerprint density at radius 3 is 2.22 bits per heavy atom. The monoisotopic (exact) mass is 441 g/mol. The van der Waals surface area contributed by atoms with Gasteiger partial charge in [0.2, 0.25) is 0 Å². The summed E-state index contributed by atoms with van der Waals surface area (Å²) in [5.74, 6) is 2.76. The van der Waals surface area contributed by atoms with Gasteiger partial charge in [-0.2, -0.15) is 4.91 Å². The standard InChI is InChI=1S/C29H47NO2/c1-18(2)19-10-15-29(30-32)17-16-27(6)20(24(19)29)8-9-22-26(5)13-12-23(31)25(3,4)21(26)11-14-28(22,27)7/h19-24,31H,1,8-17H2,2-7H3/t19?,20?,21?,22?,23?,24?,26?,27-,28?,29?/m1/s1. The third-order valence-corrected chi connectivity index (χ3v) is 13.2. The van der Waals surface area contributed by atoms with E-state index in [9.17, 15) is 10.0 Å². The summed E-state index contributed by atoms with van der Waals surface area (Å²) in [6.45, 7) is 19.1. The maximum atomic E-state index is 12.3. The van der Waals surface area contributed by atoms with Crippen LogP contribution in [0.1, 0.15) is 106 Å². The summed E-state index contributed by atoms with van der Waals surface area (Å²) in [4.78, 5) is 12.3. The first kappa shape index (κ1) is 23.1. The Morgan fingerprint density at radius 1 is 0.844 bits per heavy atom. The second-order valence-electron chi connectivity index (χ2n) is 14.3. The Balaban J connectivity index is 1.56. The van der Waals surface area contributed by atoms with Crippen molar-refractivity contribution in [1.29, 1.82) is 0 Å². The van der Waals surface area contributed by atoms with Gasteiger partial charge in [-0.1, -0.05) is 51.9 Å². The molecule has 0 aliphatic heterocycles. The lowest BCUT2D eigenvalue weighted by molar-refractivity contribution is -0.242. The molecule has 0 heterocycles. The zero-order valence-corrected chi connectivity index (χ0v) is 21.5. The van der Waals surface area contributed by atoms with Gasteiger partial charge in [0.1, 0.15) is 5.54 Å². The highest BCUT2D eigenvalue weighted by atomic mass is 16.3. The molecule has 5 aliphatic carbocycles. The van der Waals surface area contributed by atoms with Crippen molar-refractivity contribution in [2.75, 3.05) is 0 Å². The molecule has 0 aromatic heterocycles. The van der Waals surface area contributed by atoms with Crippen LogP contribution >= 0.6 is 0 Å². The van der Waals surface area contributed by atoms with E-state index in [-0.39, 0.29) is 22.5 Å². The zero-order valence-electron chi connectivity index (χ0n) is 21.5. The molecule has 0 amide bonds. The second-order valence-corrected chi connectivity index (χ2v) is 14.3. The molecule has 0 spiro atoms. The minimum Gasteiger partial charge on any atom is -0.393 e. The summed E-state index contributed by atoms with van der Waals surface area (Å²) in [6.07, 6.45) is 11.2. The molecule has 3 nitrogen and oxygen atoms in total. The van der Waals surface area contributed by atoms with E-state index >= 15 is 0 Å². The number of aliphatic hydroxyl groups is 1. The molecule has 5 aliphatic rings. The largest absolute Gasteiger partial charge is 0.393 e. The smallest absolute Gasteiger partial charge is 0.106 e. The van der Waals surface area contributed by atoms with Crippen LogP contribution in [0.5, 0.6) is 0 Å². The third-order valence-electron chi connectivity index (χ3n) is 13.2. The molecule has 180 valence electrons. The molecular formula is C29H47NO2. The van der Waals surface area contributed by atoms with E-state index in [1.165, 1.54) is 37.7 Å². The lowest BCUT2D eigenvalue weighted by Gasteiger charge is -2.72. The Kier molecular flexibility index (Phi) is 4.99. The topological polar surface area (TPSA) is 49.7 Å². The normalized spacial score (nSPS) is 56.3. The fourth-order valence-corrected chi connectivity index (χ4v) is 11.3. The van der Waals surface area contributed by atoms with Crippen LogP contribution in [0, 0.1) is 56.2 Å².